The van der Waals surface area contributed by atoms with E-state index in [-0.39, 0.29) is 18.1 Å². The smallest absolute Gasteiger partial charge is 0.122 e. The van der Waals surface area contributed by atoms with Crippen molar-refractivity contribution in [2.24, 2.45) is 5.73 Å². The molecule has 0 saturated carbocycles. The summed E-state index contributed by atoms with van der Waals surface area (Å²) in [6.07, 6.45) is 1.00. The van der Waals surface area contributed by atoms with Gasteiger partial charge in [0.1, 0.15) is 5.75 Å². The molecule has 1 atom stereocenters. The second-order valence-corrected chi connectivity index (χ2v) is 5.88. The maximum Gasteiger partial charge on any atom is 0.122 e. The van der Waals surface area contributed by atoms with Crippen LogP contribution in [0.5, 0.6) is 5.75 Å². The SMILES string of the molecule is CC(C)(CNCC(N)CO)c1ccc2c(c1)CCO2. The van der Waals surface area contributed by atoms with Gasteiger partial charge in [-0.05, 0) is 17.2 Å². The van der Waals surface area contributed by atoms with Crippen LogP contribution >= 0.6 is 0 Å². The summed E-state index contributed by atoms with van der Waals surface area (Å²) in [4.78, 5) is 0. The Hall–Kier alpha value is -1.10. The average Bonchev–Trinajstić information content (AvgIpc) is 2.85. The van der Waals surface area contributed by atoms with Gasteiger partial charge in [-0.3, -0.25) is 0 Å². The molecule has 0 bridgehead atoms. The molecule has 1 aliphatic rings. The third-order valence-electron chi connectivity index (χ3n) is 3.68. The third-order valence-corrected chi connectivity index (χ3v) is 3.68. The van der Waals surface area contributed by atoms with E-state index in [2.05, 4.69) is 37.4 Å². The highest BCUT2D eigenvalue weighted by Crippen LogP contribution is 2.31. The number of fused-ring (bicyclic) bond motifs is 1. The number of ether oxygens (including phenoxy) is 1. The zero-order valence-corrected chi connectivity index (χ0v) is 11.8. The maximum atomic E-state index is 8.91. The largest absolute Gasteiger partial charge is 0.493 e. The first-order chi connectivity index (χ1) is 9.03. The minimum absolute atomic E-state index is 0.0175. The van der Waals surface area contributed by atoms with Crippen molar-refractivity contribution in [3.8, 4) is 5.75 Å². The van der Waals surface area contributed by atoms with Crippen molar-refractivity contribution in [2.75, 3.05) is 26.3 Å². The Morgan fingerprint density at radius 2 is 2.26 bits per heavy atom. The molecule has 0 amide bonds. The van der Waals surface area contributed by atoms with Crippen molar-refractivity contribution in [3.63, 3.8) is 0 Å². The highest BCUT2D eigenvalue weighted by molar-refractivity contribution is 5.42. The Kier molecular flexibility index (Phi) is 4.45. The molecule has 4 N–H and O–H groups in total. The molecule has 4 nitrogen and oxygen atoms in total. The Morgan fingerprint density at radius 1 is 1.47 bits per heavy atom. The molecular formula is C15H24N2O2. The van der Waals surface area contributed by atoms with E-state index in [4.69, 9.17) is 15.6 Å². The molecule has 19 heavy (non-hydrogen) atoms. The van der Waals surface area contributed by atoms with Gasteiger partial charge >= 0.3 is 0 Å². The quantitative estimate of drug-likeness (QED) is 0.711. The predicted molar refractivity (Wildman–Crippen MR) is 76.6 cm³/mol. The predicted octanol–water partition coefficient (Wildman–Crippen LogP) is 0.808. The third kappa shape index (κ3) is 3.47. The van der Waals surface area contributed by atoms with E-state index in [9.17, 15) is 0 Å². The monoisotopic (exact) mass is 264 g/mol. The standard InChI is InChI=1S/C15H24N2O2/c1-15(2,10-17-8-13(16)9-18)12-3-4-14-11(7-12)5-6-19-14/h3-4,7,13,17-18H,5-6,8-10,16H2,1-2H3. The number of nitrogens with one attached hydrogen (secondary N) is 1. The van der Waals surface area contributed by atoms with Gasteiger partial charge < -0.3 is 20.9 Å². The molecule has 1 aliphatic heterocycles. The number of aliphatic hydroxyl groups is 1. The van der Waals surface area contributed by atoms with Gasteiger partial charge in [-0.25, -0.2) is 0 Å². The molecule has 1 unspecified atom stereocenters. The summed E-state index contributed by atoms with van der Waals surface area (Å²) in [6.45, 7) is 6.70. The molecule has 106 valence electrons. The summed E-state index contributed by atoms with van der Waals surface area (Å²) >= 11 is 0. The van der Waals surface area contributed by atoms with Gasteiger partial charge in [0.15, 0.2) is 0 Å². The summed E-state index contributed by atoms with van der Waals surface area (Å²) in [5, 5.41) is 12.2. The molecule has 0 spiro atoms. The van der Waals surface area contributed by atoms with Crippen LogP contribution in [0.15, 0.2) is 18.2 Å². The lowest BCUT2D eigenvalue weighted by Gasteiger charge is -2.27. The number of hydrogen-bond acceptors (Lipinski definition) is 4. The van der Waals surface area contributed by atoms with Crippen LogP contribution in [0.25, 0.3) is 0 Å². The summed E-state index contributed by atoms with van der Waals surface area (Å²) in [7, 11) is 0. The van der Waals surface area contributed by atoms with Gasteiger partial charge in [0.2, 0.25) is 0 Å². The fourth-order valence-electron chi connectivity index (χ4n) is 2.34. The first-order valence-corrected chi connectivity index (χ1v) is 6.86. The van der Waals surface area contributed by atoms with E-state index in [0.29, 0.717) is 6.54 Å². The van der Waals surface area contributed by atoms with Gasteiger partial charge in [0.05, 0.1) is 13.2 Å². The first kappa shape index (κ1) is 14.3. The minimum Gasteiger partial charge on any atom is -0.493 e. The van der Waals surface area contributed by atoms with Crippen molar-refractivity contribution in [1.29, 1.82) is 0 Å². The minimum atomic E-state index is -0.191. The van der Waals surface area contributed by atoms with Crippen molar-refractivity contribution in [3.05, 3.63) is 29.3 Å². The van der Waals surface area contributed by atoms with E-state index >= 15 is 0 Å². The van der Waals surface area contributed by atoms with Crippen molar-refractivity contribution in [1.82, 2.24) is 5.32 Å². The lowest BCUT2D eigenvalue weighted by molar-refractivity contribution is 0.260. The first-order valence-electron chi connectivity index (χ1n) is 6.86. The number of aliphatic hydroxyl groups excluding tert-OH is 1. The molecule has 0 saturated heterocycles. The van der Waals surface area contributed by atoms with Crippen LogP contribution in [0.1, 0.15) is 25.0 Å². The van der Waals surface area contributed by atoms with Gasteiger partial charge in [0, 0.05) is 31.0 Å². The summed E-state index contributed by atoms with van der Waals surface area (Å²) in [5.74, 6) is 1.02. The van der Waals surface area contributed by atoms with E-state index in [1.54, 1.807) is 0 Å². The Bertz CT molecular complexity index is 432. The summed E-state index contributed by atoms with van der Waals surface area (Å²) in [6, 6.07) is 6.26. The van der Waals surface area contributed by atoms with Crippen LogP contribution in [0, 0.1) is 0 Å². The van der Waals surface area contributed by atoms with Crippen LogP contribution in [0.4, 0.5) is 0 Å². The lowest BCUT2D eigenvalue weighted by Crippen LogP contribution is -2.41. The number of rotatable bonds is 6. The molecule has 1 aromatic rings. The Labute approximate surface area is 115 Å². The lowest BCUT2D eigenvalue weighted by atomic mass is 9.83. The second kappa shape index (κ2) is 5.90. The van der Waals surface area contributed by atoms with E-state index < -0.39 is 0 Å². The molecule has 4 heteroatoms. The highest BCUT2D eigenvalue weighted by Gasteiger charge is 2.23. The molecule has 0 fully saturated rings. The second-order valence-electron chi connectivity index (χ2n) is 5.88. The molecule has 2 rings (SSSR count). The normalized spacial score (nSPS) is 16.0. The van der Waals surface area contributed by atoms with Crippen LogP contribution in [-0.2, 0) is 11.8 Å². The van der Waals surface area contributed by atoms with Gasteiger partial charge in [0.25, 0.3) is 0 Å². The molecule has 1 heterocycles. The maximum absolute atomic E-state index is 8.91. The van der Waals surface area contributed by atoms with E-state index in [1.165, 1.54) is 11.1 Å². The zero-order chi connectivity index (χ0) is 13.9. The molecule has 0 aliphatic carbocycles. The summed E-state index contributed by atoms with van der Waals surface area (Å²) in [5.41, 5.74) is 8.33. The fourth-order valence-corrected chi connectivity index (χ4v) is 2.34. The molecule has 1 aromatic carbocycles. The number of hydrogen-bond donors (Lipinski definition) is 3. The fraction of sp³-hybridized carbons (Fsp3) is 0.600. The Morgan fingerprint density at radius 3 is 3.00 bits per heavy atom. The van der Waals surface area contributed by atoms with Crippen LogP contribution < -0.4 is 15.8 Å². The molecule has 0 radical (unpaired) electrons. The van der Waals surface area contributed by atoms with Gasteiger partial charge in [-0.2, -0.15) is 0 Å². The zero-order valence-electron chi connectivity index (χ0n) is 11.8. The van der Waals surface area contributed by atoms with Crippen LogP contribution in [0.3, 0.4) is 0 Å². The van der Waals surface area contributed by atoms with Crippen molar-refractivity contribution < 1.29 is 9.84 Å². The van der Waals surface area contributed by atoms with Crippen LogP contribution in [0.2, 0.25) is 0 Å². The van der Waals surface area contributed by atoms with Crippen LogP contribution in [-0.4, -0.2) is 37.5 Å². The molecular weight excluding hydrogens is 240 g/mol. The van der Waals surface area contributed by atoms with Crippen molar-refractivity contribution >= 4 is 0 Å². The average molecular weight is 264 g/mol. The summed E-state index contributed by atoms with van der Waals surface area (Å²) < 4.78 is 5.53. The topological polar surface area (TPSA) is 67.5 Å². The number of benzene rings is 1. The number of nitrogens with two attached hydrogens (primary N) is 1. The van der Waals surface area contributed by atoms with E-state index in [1.807, 2.05) is 0 Å². The van der Waals surface area contributed by atoms with Crippen molar-refractivity contribution in [2.45, 2.75) is 31.7 Å². The van der Waals surface area contributed by atoms with E-state index in [0.717, 1.165) is 25.3 Å². The molecule has 0 aromatic heterocycles. The van der Waals surface area contributed by atoms with Gasteiger partial charge in [-0.1, -0.05) is 26.0 Å². The highest BCUT2D eigenvalue weighted by atomic mass is 16.5. The van der Waals surface area contributed by atoms with Gasteiger partial charge in [-0.15, -0.1) is 0 Å². The Balaban J connectivity index is 1.98.